The van der Waals surface area contributed by atoms with Gasteiger partial charge < -0.3 is 20.5 Å². The predicted octanol–water partition coefficient (Wildman–Crippen LogP) is 1.25. The Kier molecular flexibility index (Phi) is 5.70. The van der Waals surface area contributed by atoms with E-state index in [1.165, 1.54) is 19.1 Å². The molecule has 2 unspecified atom stereocenters. The average Bonchev–Trinajstić information content (AvgIpc) is 2.56. The Morgan fingerprint density at radius 3 is 2.52 bits per heavy atom. The fourth-order valence-corrected chi connectivity index (χ4v) is 2.24. The maximum Gasteiger partial charge on any atom is 0.325 e. The zero-order valence-corrected chi connectivity index (χ0v) is 12.9. The average molecular weight is 320 g/mol. The molecule has 1 saturated heterocycles. The number of carboxylic acids is 1. The second-order valence-corrected chi connectivity index (χ2v) is 5.51. The van der Waals surface area contributed by atoms with E-state index in [1.54, 1.807) is 12.1 Å². The van der Waals surface area contributed by atoms with E-state index in [0.29, 0.717) is 24.5 Å². The number of carboxylic acid groups (broad SMARTS) is 1. The van der Waals surface area contributed by atoms with Crippen molar-refractivity contribution in [1.82, 2.24) is 5.32 Å². The number of benzene rings is 1. The lowest BCUT2D eigenvalue weighted by Gasteiger charge is -2.21. The molecule has 7 heteroatoms. The van der Waals surface area contributed by atoms with Gasteiger partial charge in [0.15, 0.2) is 0 Å². The third kappa shape index (κ3) is 4.79. The summed E-state index contributed by atoms with van der Waals surface area (Å²) in [6.45, 7) is 2.52. The van der Waals surface area contributed by atoms with Crippen LogP contribution in [-0.2, 0) is 14.3 Å². The topological polar surface area (TPSA) is 105 Å². The number of rotatable bonds is 5. The first-order valence-corrected chi connectivity index (χ1v) is 7.49. The largest absolute Gasteiger partial charge is 0.480 e. The number of carbonyl (C=O) groups is 3. The van der Waals surface area contributed by atoms with Crippen LogP contribution < -0.4 is 10.6 Å². The molecule has 2 atom stereocenters. The lowest BCUT2D eigenvalue weighted by molar-refractivity contribution is -0.138. The Balaban J connectivity index is 1.92. The minimum absolute atomic E-state index is 0.0959. The van der Waals surface area contributed by atoms with E-state index < -0.39 is 17.9 Å². The molecular formula is C16H20N2O5. The van der Waals surface area contributed by atoms with E-state index in [9.17, 15) is 14.4 Å². The van der Waals surface area contributed by atoms with Gasteiger partial charge in [-0.1, -0.05) is 0 Å². The summed E-state index contributed by atoms with van der Waals surface area (Å²) in [6, 6.07) is 5.34. The highest BCUT2D eigenvalue weighted by Crippen LogP contribution is 2.17. The molecule has 1 aliphatic heterocycles. The number of aliphatic carboxylic acids is 1. The number of hydrogen-bond acceptors (Lipinski definition) is 4. The molecule has 0 saturated carbocycles. The number of hydrogen-bond donors (Lipinski definition) is 3. The van der Waals surface area contributed by atoms with Crippen LogP contribution in [0.1, 0.15) is 30.1 Å². The van der Waals surface area contributed by atoms with Gasteiger partial charge >= 0.3 is 5.97 Å². The first-order chi connectivity index (χ1) is 11.0. The van der Waals surface area contributed by atoms with Gasteiger partial charge in [-0.15, -0.1) is 0 Å². The molecular weight excluding hydrogens is 300 g/mol. The van der Waals surface area contributed by atoms with Gasteiger partial charge in [0.05, 0.1) is 12.5 Å². The van der Waals surface area contributed by atoms with Crippen molar-refractivity contribution in [2.24, 2.45) is 5.92 Å². The summed E-state index contributed by atoms with van der Waals surface area (Å²) in [4.78, 5) is 34.7. The van der Waals surface area contributed by atoms with Gasteiger partial charge in [0, 0.05) is 17.9 Å². The first-order valence-electron chi connectivity index (χ1n) is 7.49. The highest BCUT2D eigenvalue weighted by Gasteiger charge is 2.22. The molecule has 1 heterocycles. The Hall–Kier alpha value is -2.41. The molecule has 0 bridgehead atoms. The molecule has 0 spiro atoms. The van der Waals surface area contributed by atoms with Crippen LogP contribution in [0.25, 0.3) is 0 Å². The van der Waals surface area contributed by atoms with Crippen LogP contribution in [0.4, 0.5) is 5.69 Å². The Morgan fingerprint density at radius 1 is 1.26 bits per heavy atom. The molecule has 0 aromatic heterocycles. The Labute approximate surface area is 134 Å². The molecule has 2 amide bonds. The van der Waals surface area contributed by atoms with Gasteiger partial charge in [0.25, 0.3) is 5.91 Å². The zero-order valence-electron chi connectivity index (χ0n) is 12.9. The summed E-state index contributed by atoms with van der Waals surface area (Å²) in [6.07, 6.45) is 1.68. The van der Waals surface area contributed by atoms with E-state index in [0.717, 1.165) is 12.8 Å². The molecule has 3 N–H and O–H groups in total. The molecule has 0 radical (unpaired) electrons. The van der Waals surface area contributed by atoms with Gasteiger partial charge in [0.1, 0.15) is 6.04 Å². The van der Waals surface area contributed by atoms with Crippen molar-refractivity contribution in [3.8, 4) is 0 Å². The quantitative estimate of drug-likeness (QED) is 0.757. The molecule has 2 rings (SSSR count). The van der Waals surface area contributed by atoms with E-state index in [4.69, 9.17) is 9.84 Å². The molecule has 124 valence electrons. The van der Waals surface area contributed by atoms with Crippen molar-refractivity contribution in [3.05, 3.63) is 29.8 Å². The van der Waals surface area contributed by atoms with Crippen molar-refractivity contribution < 1.29 is 24.2 Å². The lowest BCUT2D eigenvalue weighted by Crippen LogP contribution is -2.38. The number of carbonyl (C=O) groups excluding carboxylic acids is 2. The molecule has 7 nitrogen and oxygen atoms in total. The number of amides is 2. The van der Waals surface area contributed by atoms with Gasteiger partial charge in [-0.25, -0.2) is 0 Å². The normalized spacial score (nSPS) is 18.7. The summed E-state index contributed by atoms with van der Waals surface area (Å²) >= 11 is 0. The maximum atomic E-state index is 12.1. The summed E-state index contributed by atoms with van der Waals surface area (Å²) in [5.41, 5.74) is 0.917. The summed E-state index contributed by atoms with van der Waals surface area (Å²) in [7, 11) is 0. The SMILES string of the molecule is CC(NC(=O)c1ccc(NC(=O)C2CCCOC2)cc1)C(=O)O. The van der Waals surface area contributed by atoms with E-state index >= 15 is 0 Å². The van der Waals surface area contributed by atoms with Crippen LogP contribution in [0.3, 0.4) is 0 Å². The van der Waals surface area contributed by atoms with Crippen LogP contribution in [-0.4, -0.2) is 42.1 Å². The molecule has 1 aliphatic rings. The van der Waals surface area contributed by atoms with E-state index in [-0.39, 0.29) is 11.8 Å². The fourth-order valence-electron chi connectivity index (χ4n) is 2.24. The van der Waals surface area contributed by atoms with Crippen molar-refractivity contribution in [3.63, 3.8) is 0 Å². The van der Waals surface area contributed by atoms with Gasteiger partial charge in [-0.3, -0.25) is 14.4 Å². The third-order valence-electron chi connectivity index (χ3n) is 3.66. The standard InChI is InChI=1S/C16H20N2O5/c1-10(16(21)22)17-14(19)11-4-6-13(7-5-11)18-15(20)12-3-2-8-23-9-12/h4-7,10,12H,2-3,8-9H2,1H3,(H,17,19)(H,18,20)(H,21,22). The first kappa shape index (κ1) is 17.0. The Bertz CT molecular complexity index is 579. The Morgan fingerprint density at radius 2 is 1.96 bits per heavy atom. The molecule has 1 aromatic rings. The predicted molar refractivity (Wildman–Crippen MR) is 83.2 cm³/mol. The number of nitrogens with one attached hydrogen (secondary N) is 2. The van der Waals surface area contributed by atoms with Crippen LogP contribution in [0, 0.1) is 5.92 Å². The summed E-state index contributed by atoms with van der Waals surface area (Å²) in [5, 5.41) is 13.9. The number of anilines is 1. The zero-order chi connectivity index (χ0) is 16.8. The second-order valence-electron chi connectivity index (χ2n) is 5.51. The van der Waals surface area contributed by atoms with Crippen molar-refractivity contribution in [1.29, 1.82) is 0 Å². The molecule has 0 aliphatic carbocycles. The molecule has 1 aromatic carbocycles. The summed E-state index contributed by atoms with van der Waals surface area (Å²) < 4.78 is 5.29. The monoisotopic (exact) mass is 320 g/mol. The molecule has 23 heavy (non-hydrogen) atoms. The van der Waals surface area contributed by atoms with Gasteiger partial charge in [0.2, 0.25) is 5.91 Å². The van der Waals surface area contributed by atoms with Crippen molar-refractivity contribution in [2.75, 3.05) is 18.5 Å². The third-order valence-corrected chi connectivity index (χ3v) is 3.66. The fraction of sp³-hybridized carbons (Fsp3) is 0.438. The minimum atomic E-state index is -1.10. The summed E-state index contributed by atoms with van der Waals surface area (Å²) in [5.74, 6) is -1.82. The van der Waals surface area contributed by atoms with Crippen LogP contribution in [0.15, 0.2) is 24.3 Å². The van der Waals surface area contributed by atoms with Gasteiger partial charge in [-0.05, 0) is 44.0 Å². The van der Waals surface area contributed by atoms with Gasteiger partial charge in [-0.2, -0.15) is 0 Å². The van der Waals surface area contributed by atoms with E-state index in [2.05, 4.69) is 10.6 Å². The minimum Gasteiger partial charge on any atom is -0.480 e. The number of ether oxygens (including phenoxy) is 1. The van der Waals surface area contributed by atoms with E-state index in [1.807, 2.05) is 0 Å². The highest BCUT2D eigenvalue weighted by atomic mass is 16.5. The highest BCUT2D eigenvalue weighted by molar-refractivity contribution is 5.97. The van der Waals surface area contributed by atoms with Crippen LogP contribution in [0.2, 0.25) is 0 Å². The second kappa shape index (κ2) is 7.73. The molecule has 1 fully saturated rings. The lowest BCUT2D eigenvalue weighted by atomic mass is 10.0. The van der Waals surface area contributed by atoms with Crippen LogP contribution in [0.5, 0.6) is 0 Å². The van der Waals surface area contributed by atoms with Crippen molar-refractivity contribution in [2.45, 2.75) is 25.8 Å². The maximum absolute atomic E-state index is 12.1. The smallest absolute Gasteiger partial charge is 0.325 e. The van der Waals surface area contributed by atoms with Crippen molar-refractivity contribution >= 4 is 23.5 Å². The van der Waals surface area contributed by atoms with Crippen LogP contribution >= 0.6 is 0 Å².